The molecular weight excluding hydrogens is 174 g/mol. The van der Waals surface area contributed by atoms with Crippen LogP contribution in [0.2, 0.25) is 0 Å². The molecule has 0 saturated carbocycles. The number of fused-ring (bicyclic) bond motifs is 1. The number of aromatic amines is 1. The van der Waals surface area contributed by atoms with Crippen molar-refractivity contribution in [2.24, 2.45) is 0 Å². The maximum atomic E-state index is 9.36. The molecule has 0 amide bonds. The molecule has 0 fully saturated rings. The summed E-state index contributed by atoms with van der Waals surface area (Å²) >= 11 is 0. The van der Waals surface area contributed by atoms with Crippen LogP contribution in [0.1, 0.15) is 18.2 Å². The van der Waals surface area contributed by atoms with E-state index in [2.05, 4.69) is 23.2 Å². The second kappa shape index (κ2) is 3.46. The zero-order valence-corrected chi connectivity index (χ0v) is 8.54. The van der Waals surface area contributed by atoms with Crippen LogP contribution in [0.15, 0.2) is 24.3 Å². The first kappa shape index (κ1) is 9.28. The van der Waals surface area contributed by atoms with Crippen molar-refractivity contribution in [3.8, 4) is 0 Å². The van der Waals surface area contributed by atoms with Crippen LogP contribution in [-0.2, 0) is 6.42 Å². The van der Waals surface area contributed by atoms with Crippen molar-refractivity contribution >= 4 is 10.9 Å². The first-order valence-electron chi connectivity index (χ1n) is 4.92. The standard InChI is InChI=1S/C12H15NO/c1-8-6-11-10(7-9(2)14)4-3-5-12(11)13-8/h3-6,9,13-14H,7H2,1-2H3. The van der Waals surface area contributed by atoms with Crippen molar-refractivity contribution in [1.29, 1.82) is 0 Å². The van der Waals surface area contributed by atoms with Crippen molar-refractivity contribution in [2.45, 2.75) is 26.4 Å². The summed E-state index contributed by atoms with van der Waals surface area (Å²) < 4.78 is 0. The van der Waals surface area contributed by atoms with Gasteiger partial charge < -0.3 is 10.1 Å². The van der Waals surface area contributed by atoms with Gasteiger partial charge in [0.2, 0.25) is 0 Å². The van der Waals surface area contributed by atoms with Crippen molar-refractivity contribution in [2.75, 3.05) is 0 Å². The lowest BCUT2D eigenvalue weighted by molar-refractivity contribution is 0.196. The van der Waals surface area contributed by atoms with Crippen molar-refractivity contribution in [3.63, 3.8) is 0 Å². The number of aromatic nitrogens is 1. The van der Waals surface area contributed by atoms with Gasteiger partial charge in [0.25, 0.3) is 0 Å². The highest BCUT2D eigenvalue weighted by molar-refractivity contribution is 5.83. The number of rotatable bonds is 2. The molecule has 2 nitrogen and oxygen atoms in total. The van der Waals surface area contributed by atoms with E-state index in [4.69, 9.17) is 0 Å². The third kappa shape index (κ3) is 1.66. The highest BCUT2D eigenvalue weighted by atomic mass is 16.3. The number of H-pyrrole nitrogens is 1. The van der Waals surface area contributed by atoms with E-state index in [0.717, 1.165) is 11.2 Å². The van der Waals surface area contributed by atoms with Crippen LogP contribution in [0.3, 0.4) is 0 Å². The fourth-order valence-corrected chi connectivity index (χ4v) is 1.85. The van der Waals surface area contributed by atoms with Gasteiger partial charge in [-0.3, -0.25) is 0 Å². The smallest absolute Gasteiger partial charge is 0.0552 e. The van der Waals surface area contributed by atoms with Crippen LogP contribution in [0.25, 0.3) is 10.9 Å². The number of benzene rings is 1. The van der Waals surface area contributed by atoms with Gasteiger partial charge in [-0.25, -0.2) is 0 Å². The molecule has 0 aliphatic rings. The molecule has 0 saturated heterocycles. The van der Waals surface area contributed by atoms with E-state index in [-0.39, 0.29) is 6.10 Å². The Labute approximate surface area is 83.6 Å². The molecule has 1 unspecified atom stereocenters. The third-order valence-electron chi connectivity index (χ3n) is 2.40. The van der Waals surface area contributed by atoms with Gasteiger partial charge in [0.1, 0.15) is 0 Å². The monoisotopic (exact) mass is 189 g/mol. The summed E-state index contributed by atoms with van der Waals surface area (Å²) in [5.41, 5.74) is 3.53. The minimum atomic E-state index is -0.282. The van der Waals surface area contributed by atoms with Crippen LogP contribution in [0.5, 0.6) is 0 Å². The SMILES string of the molecule is Cc1cc2c(CC(C)O)cccc2[nH]1. The molecule has 1 aromatic heterocycles. The second-order valence-corrected chi connectivity index (χ2v) is 3.88. The molecule has 74 valence electrons. The van der Waals surface area contributed by atoms with Gasteiger partial charge >= 0.3 is 0 Å². The van der Waals surface area contributed by atoms with E-state index in [0.29, 0.717) is 6.42 Å². The molecule has 0 radical (unpaired) electrons. The number of hydrogen-bond acceptors (Lipinski definition) is 1. The molecule has 2 N–H and O–H groups in total. The Bertz CT molecular complexity index is 443. The maximum absolute atomic E-state index is 9.36. The number of aryl methyl sites for hydroxylation is 1. The van der Waals surface area contributed by atoms with E-state index < -0.39 is 0 Å². The number of aliphatic hydroxyl groups is 1. The van der Waals surface area contributed by atoms with Gasteiger partial charge in [0.15, 0.2) is 0 Å². The molecule has 0 bridgehead atoms. The molecule has 1 heterocycles. The summed E-state index contributed by atoms with van der Waals surface area (Å²) in [6.07, 6.45) is 0.435. The summed E-state index contributed by atoms with van der Waals surface area (Å²) in [6.45, 7) is 3.87. The Morgan fingerprint density at radius 3 is 2.93 bits per heavy atom. The predicted octanol–water partition coefficient (Wildman–Crippen LogP) is 2.40. The molecule has 2 heteroatoms. The zero-order valence-electron chi connectivity index (χ0n) is 8.54. The Hall–Kier alpha value is -1.28. The molecule has 0 aliphatic heterocycles. The van der Waals surface area contributed by atoms with Crippen LogP contribution in [0, 0.1) is 6.92 Å². The molecule has 2 aromatic rings. The molecule has 0 spiro atoms. The minimum Gasteiger partial charge on any atom is -0.393 e. The predicted molar refractivity (Wildman–Crippen MR) is 58.4 cm³/mol. The topological polar surface area (TPSA) is 36.0 Å². The Kier molecular flexibility index (Phi) is 2.30. The Balaban J connectivity index is 2.53. The summed E-state index contributed by atoms with van der Waals surface area (Å²) in [6, 6.07) is 8.29. The van der Waals surface area contributed by atoms with Crippen LogP contribution in [0.4, 0.5) is 0 Å². The highest BCUT2D eigenvalue weighted by Crippen LogP contribution is 2.20. The van der Waals surface area contributed by atoms with Gasteiger partial charge in [0.05, 0.1) is 6.10 Å². The van der Waals surface area contributed by atoms with E-state index >= 15 is 0 Å². The number of aliphatic hydroxyl groups excluding tert-OH is 1. The number of hydrogen-bond donors (Lipinski definition) is 2. The number of nitrogens with one attached hydrogen (secondary N) is 1. The largest absolute Gasteiger partial charge is 0.393 e. The Morgan fingerprint density at radius 1 is 1.43 bits per heavy atom. The van der Waals surface area contributed by atoms with Gasteiger partial charge in [-0.05, 0) is 38.0 Å². The molecule has 1 aromatic carbocycles. The molecule has 2 rings (SSSR count). The summed E-state index contributed by atoms with van der Waals surface area (Å²) in [5.74, 6) is 0. The first-order valence-corrected chi connectivity index (χ1v) is 4.92. The fraction of sp³-hybridized carbons (Fsp3) is 0.333. The van der Waals surface area contributed by atoms with E-state index in [9.17, 15) is 5.11 Å². The normalized spacial score (nSPS) is 13.4. The third-order valence-corrected chi connectivity index (χ3v) is 2.40. The first-order chi connectivity index (χ1) is 6.66. The quantitative estimate of drug-likeness (QED) is 0.747. The summed E-state index contributed by atoms with van der Waals surface area (Å²) in [5, 5.41) is 10.6. The van der Waals surface area contributed by atoms with Crippen LogP contribution >= 0.6 is 0 Å². The van der Waals surface area contributed by atoms with Crippen LogP contribution < -0.4 is 0 Å². The lowest BCUT2D eigenvalue weighted by Crippen LogP contribution is -2.04. The van der Waals surface area contributed by atoms with Crippen molar-refractivity contribution < 1.29 is 5.11 Å². The zero-order chi connectivity index (χ0) is 10.1. The van der Waals surface area contributed by atoms with E-state index in [1.54, 1.807) is 0 Å². The van der Waals surface area contributed by atoms with E-state index in [1.807, 2.05) is 19.9 Å². The van der Waals surface area contributed by atoms with E-state index in [1.165, 1.54) is 10.9 Å². The van der Waals surface area contributed by atoms with Gasteiger partial charge in [-0.15, -0.1) is 0 Å². The molecular formula is C12H15NO. The lowest BCUT2D eigenvalue weighted by atomic mass is 10.0. The minimum absolute atomic E-state index is 0.282. The average molecular weight is 189 g/mol. The lowest BCUT2D eigenvalue weighted by Gasteiger charge is -2.05. The van der Waals surface area contributed by atoms with Gasteiger partial charge in [-0.2, -0.15) is 0 Å². The maximum Gasteiger partial charge on any atom is 0.0552 e. The summed E-state index contributed by atoms with van der Waals surface area (Å²) in [4.78, 5) is 3.29. The summed E-state index contributed by atoms with van der Waals surface area (Å²) in [7, 11) is 0. The molecule has 0 aliphatic carbocycles. The average Bonchev–Trinajstić information content (AvgIpc) is 2.45. The van der Waals surface area contributed by atoms with Gasteiger partial charge in [0, 0.05) is 16.6 Å². The van der Waals surface area contributed by atoms with Crippen LogP contribution in [-0.4, -0.2) is 16.2 Å². The van der Waals surface area contributed by atoms with Gasteiger partial charge in [-0.1, -0.05) is 12.1 Å². The highest BCUT2D eigenvalue weighted by Gasteiger charge is 2.05. The molecule has 1 atom stereocenters. The fourth-order valence-electron chi connectivity index (χ4n) is 1.85. The Morgan fingerprint density at radius 2 is 2.21 bits per heavy atom. The second-order valence-electron chi connectivity index (χ2n) is 3.88. The van der Waals surface area contributed by atoms with Crippen molar-refractivity contribution in [3.05, 3.63) is 35.5 Å². The van der Waals surface area contributed by atoms with Crippen molar-refractivity contribution in [1.82, 2.24) is 4.98 Å². The molecule has 14 heavy (non-hydrogen) atoms.